The molecular formula is C33H43N3O12. The van der Waals surface area contributed by atoms with Gasteiger partial charge in [-0.15, -0.1) is 0 Å². The molecule has 1 fully saturated rings. The number of rotatable bonds is 11. The molecule has 15 heteroatoms. The number of nitrogens with zero attached hydrogens (tertiary/aromatic N) is 1. The van der Waals surface area contributed by atoms with E-state index in [1.165, 1.54) is 6.92 Å². The lowest BCUT2D eigenvalue weighted by molar-refractivity contribution is -0.175. The Hall–Kier alpha value is -4.37. The van der Waals surface area contributed by atoms with Gasteiger partial charge in [0, 0.05) is 31.0 Å². The van der Waals surface area contributed by atoms with E-state index in [1.54, 1.807) is 32.9 Å². The summed E-state index contributed by atoms with van der Waals surface area (Å²) in [6, 6.07) is 1.97. The van der Waals surface area contributed by atoms with Gasteiger partial charge in [-0.1, -0.05) is 6.07 Å². The van der Waals surface area contributed by atoms with Crippen LogP contribution >= 0.6 is 0 Å². The average Bonchev–Trinajstić information content (AvgIpc) is 3.35. The van der Waals surface area contributed by atoms with Gasteiger partial charge in [0.2, 0.25) is 5.91 Å². The maximum atomic E-state index is 13.2. The summed E-state index contributed by atoms with van der Waals surface area (Å²) in [6.45, 7) is 6.67. The standard InChI is InChI=1S/C33H43N3O12/c1-17(45-24(40)11-14-34-28(41)19(7-9-23(38)39)35-30(43)48-31(2,3)4)29(42)46-21-10-12-33(44)22-16-18-6-8-20(37)26-25(18)32(33,27(21)47-26)13-15-36(22)5/h6,8,10,17,19,22,27,37,44H,7,9,11-16H2,1-5H3,(H,34,41)(H,35,43)(H,38,39)/t17-,19?,22+,27-,32-,33+/m0/s1. The fourth-order valence-electron chi connectivity index (χ4n) is 7.34. The number of aliphatic carboxylic acids is 1. The Morgan fingerprint density at radius 3 is 2.58 bits per heavy atom. The molecule has 0 radical (unpaired) electrons. The maximum Gasteiger partial charge on any atom is 0.408 e. The third-order valence-corrected chi connectivity index (χ3v) is 9.49. The number of aromatic hydroxyl groups is 1. The first kappa shape index (κ1) is 35.0. The topological polar surface area (TPSA) is 210 Å². The lowest BCUT2D eigenvalue weighted by Crippen LogP contribution is -2.74. The quantitative estimate of drug-likeness (QED) is 0.166. The van der Waals surface area contributed by atoms with Crippen molar-refractivity contribution < 1.29 is 58.2 Å². The van der Waals surface area contributed by atoms with Crippen LogP contribution in [0.15, 0.2) is 24.0 Å². The van der Waals surface area contributed by atoms with Gasteiger partial charge in [0.1, 0.15) is 17.4 Å². The second kappa shape index (κ2) is 12.9. The van der Waals surface area contributed by atoms with Gasteiger partial charge in [0.25, 0.3) is 0 Å². The number of ether oxygens (including phenoxy) is 4. The summed E-state index contributed by atoms with van der Waals surface area (Å²) in [7, 11) is 1.96. The molecule has 262 valence electrons. The van der Waals surface area contributed by atoms with Gasteiger partial charge < -0.3 is 49.8 Å². The molecule has 5 rings (SSSR count). The lowest BCUT2D eigenvalue weighted by Gasteiger charge is -2.61. The Morgan fingerprint density at radius 2 is 1.90 bits per heavy atom. The van der Waals surface area contributed by atoms with Crippen molar-refractivity contribution in [1.82, 2.24) is 15.5 Å². The van der Waals surface area contributed by atoms with E-state index in [9.17, 15) is 34.2 Å². The first-order chi connectivity index (χ1) is 22.5. The van der Waals surface area contributed by atoms with Crippen LogP contribution in [-0.4, -0.2) is 106 Å². The van der Waals surface area contributed by atoms with Gasteiger partial charge in [-0.05, 0) is 78.3 Å². The fourth-order valence-corrected chi connectivity index (χ4v) is 7.34. The highest BCUT2D eigenvalue weighted by Crippen LogP contribution is 2.65. The summed E-state index contributed by atoms with van der Waals surface area (Å²) in [4.78, 5) is 63.7. The number of piperidine rings is 1. The number of aliphatic hydroxyl groups is 1. The molecule has 48 heavy (non-hydrogen) atoms. The number of hydrogen-bond donors (Lipinski definition) is 5. The van der Waals surface area contributed by atoms with Crippen molar-refractivity contribution in [3.8, 4) is 11.5 Å². The Morgan fingerprint density at radius 1 is 1.17 bits per heavy atom. The second-order valence-corrected chi connectivity index (χ2v) is 13.8. The highest BCUT2D eigenvalue weighted by atomic mass is 16.6. The van der Waals surface area contributed by atoms with Crippen LogP contribution in [0.2, 0.25) is 0 Å². The van der Waals surface area contributed by atoms with Crippen LogP contribution in [-0.2, 0) is 45.2 Å². The monoisotopic (exact) mass is 673 g/mol. The molecule has 2 heterocycles. The van der Waals surface area contributed by atoms with Crippen molar-refractivity contribution >= 4 is 29.9 Å². The van der Waals surface area contributed by atoms with E-state index in [0.29, 0.717) is 19.4 Å². The van der Waals surface area contributed by atoms with Gasteiger partial charge in [-0.25, -0.2) is 9.59 Å². The van der Waals surface area contributed by atoms with E-state index in [1.807, 2.05) is 13.1 Å². The normalized spacial score (nSPS) is 26.5. The Bertz CT molecular complexity index is 1540. The largest absolute Gasteiger partial charge is 0.504 e. The van der Waals surface area contributed by atoms with Gasteiger partial charge >= 0.3 is 24.0 Å². The predicted octanol–water partition coefficient (Wildman–Crippen LogP) is 1.41. The van der Waals surface area contributed by atoms with E-state index in [-0.39, 0.29) is 49.1 Å². The molecule has 2 amide bonds. The van der Waals surface area contributed by atoms with Crippen LogP contribution in [0.25, 0.3) is 0 Å². The molecule has 1 saturated heterocycles. The number of carboxylic acids is 1. The fraction of sp³-hybridized carbons (Fsp3) is 0.606. The summed E-state index contributed by atoms with van der Waals surface area (Å²) in [5.74, 6) is -3.21. The van der Waals surface area contributed by atoms with Gasteiger partial charge in [-0.2, -0.15) is 0 Å². The summed E-state index contributed by atoms with van der Waals surface area (Å²) >= 11 is 0. The summed E-state index contributed by atoms with van der Waals surface area (Å²) in [6.07, 6.45) is -1.19. The third-order valence-electron chi connectivity index (χ3n) is 9.49. The number of benzene rings is 1. The van der Waals surface area contributed by atoms with Crippen LogP contribution in [0.1, 0.15) is 70.9 Å². The van der Waals surface area contributed by atoms with Crippen LogP contribution in [0.4, 0.5) is 4.79 Å². The first-order valence-corrected chi connectivity index (χ1v) is 16.0. The minimum Gasteiger partial charge on any atom is -0.504 e. The number of nitrogens with one attached hydrogen (secondary N) is 2. The minimum absolute atomic E-state index is 0.0638. The molecule has 2 aliphatic heterocycles. The molecule has 1 spiro atoms. The highest BCUT2D eigenvalue weighted by Gasteiger charge is 2.72. The molecule has 2 bridgehead atoms. The van der Waals surface area contributed by atoms with E-state index in [0.717, 1.165) is 11.1 Å². The zero-order chi connectivity index (χ0) is 35.2. The maximum absolute atomic E-state index is 13.2. The molecule has 1 unspecified atom stereocenters. The number of carboxylic acid groups (broad SMARTS) is 1. The zero-order valence-corrected chi connectivity index (χ0v) is 27.7. The molecule has 5 N–H and O–H groups in total. The number of amides is 2. The van der Waals surface area contributed by atoms with Gasteiger partial charge in [0.15, 0.2) is 23.7 Å². The average molecular weight is 674 g/mol. The SMILES string of the molecule is C[C@H](OC(=O)CCNC(=O)C(CCC(=O)O)NC(=O)OC(C)(C)C)C(=O)OC1=CC[C@@]2(O)[C@H]3Cc4ccc(O)c5c4[C@@]2(CCN3C)[C@H]1O5. The van der Waals surface area contributed by atoms with E-state index >= 15 is 0 Å². The molecule has 0 aromatic heterocycles. The van der Waals surface area contributed by atoms with Crippen molar-refractivity contribution in [1.29, 1.82) is 0 Å². The number of carbonyl (C=O) groups excluding carboxylic acids is 4. The molecule has 1 aromatic carbocycles. The van der Waals surface area contributed by atoms with Gasteiger partial charge in [0.05, 0.1) is 17.4 Å². The van der Waals surface area contributed by atoms with Gasteiger partial charge in [-0.3, -0.25) is 14.4 Å². The lowest BCUT2D eigenvalue weighted by atomic mass is 9.50. The second-order valence-electron chi connectivity index (χ2n) is 13.8. The number of esters is 2. The van der Waals surface area contributed by atoms with Crippen LogP contribution in [0.3, 0.4) is 0 Å². The molecule has 2 aliphatic carbocycles. The molecule has 0 saturated carbocycles. The molecule has 4 aliphatic rings. The number of phenolic OH excluding ortho intramolecular Hbond substituents is 1. The van der Waals surface area contributed by atoms with Crippen molar-refractivity contribution in [2.75, 3.05) is 20.1 Å². The van der Waals surface area contributed by atoms with Crippen molar-refractivity contribution in [3.05, 3.63) is 35.1 Å². The van der Waals surface area contributed by atoms with Crippen LogP contribution in [0.5, 0.6) is 11.5 Å². The minimum atomic E-state index is -1.34. The number of hydrogen-bond acceptors (Lipinski definition) is 12. The predicted molar refractivity (Wildman–Crippen MR) is 166 cm³/mol. The first-order valence-electron chi connectivity index (χ1n) is 16.0. The van der Waals surface area contributed by atoms with Crippen molar-refractivity contribution in [3.63, 3.8) is 0 Å². The van der Waals surface area contributed by atoms with E-state index < -0.39 is 71.2 Å². The number of likely N-dealkylation sites (tertiary alicyclic amines) is 1. The molecule has 6 atom stereocenters. The number of carbonyl (C=O) groups is 5. The third kappa shape index (κ3) is 6.40. The summed E-state index contributed by atoms with van der Waals surface area (Å²) < 4.78 is 22.4. The molecule has 1 aromatic rings. The van der Waals surface area contributed by atoms with Crippen molar-refractivity contribution in [2.24, 2.45) is 0 Å². The Balaban J connectivity index is 1.18. The summed E-state index contributed by atoms with van der Waals surface area (Å²) in [5.41, 5.74) is -1.32. The number of phenols is 1. The number of likely N-dealkylation sites (N-methyl/N-ethyl adjacent to an activating group) is 1. The Labute approximate surface area is 277 Å². The molecular weight excluding hydrogens is 630 g/mol. The molecule has 15 nitrogen and oxygen atoms in total. The van der Waals surface area contributed by atoms with E-state index in [2.05, 4.69) is 15.5 Å². The van der Waals surface area contributed by atoms with Crippen LogP contribution < -0.4 is 15.4 Å². The zero-order valence-electron chi connectivity index (χ0n) is 27.7. The highest BCUT2D eigenvalue weighted by molar-refractivity contribution is 5.86. The summed E-state index contributed by atoms with van der Waals surface area (Å²) in [5, 5.41) is 36.7. The van der Waals surface area contributed by atoms with Crippen LogP contribution in [0, 0.1) is 0 Å². The Kier molecular flexibility index (Phi) is 9.40. The van der Waals surface area contributed by atoms with Crippen molar-refractivity contribution in [2.45, 2.75) is 107 Å². The smallest absolute Gasteiger partial charge is 0.408 e. The number of alkyl carbamates (subject to hydrolysis) is 1. The van der Waals surface area contributed by atoms with E-state index in [4.69, 9.17) is 24.1 Å².